The van der Waals surface area contributed by atoms with Gasteiger partial charge < -0.3 is 0 Å². The van der Waals surface area contributed by atoms with Crippen molar-refractivity contribution in [3.05, 3.63) is 53.7 Å². The molecule has 0 aliphatic carbocycles. The largest absolute Gasteiger partial charge is 0.296 e. The highest BCUT2D eigenvalue weighted by Gasteiger charge is 2.14. The van der Waals surface area contributed by atoms with Crippen molar-refractivity contribution in [2.24, 2.45) is 0 Å². The van der Waals surface area contributed by atoms with Crippen molar-refractivity contribution in [3.63, 3.8) is 0 Å². The van der Waals surface area contributed by atoms with E-state index in [0.29, 0.717) is 28.3 Å². The van der Waals surface area contributed by atoms with Crippen LogP contribution in [-0.4, -0.2) is 20.7 Å². The standard InChI is InChI=1S/C14H10FN3O/c1-9-7-10(3-4-11(9)15)13-12(8-19)18-6-2-5-16-14(18)17-13/h2-8H,1H3. The van der Waals surface area contributed by atoms with Crippen molar-refractivity contribution >= 4 is 12.1 Å². The number of halogens is 1. The fourth-order valence-corrected chi connectivity index (χ4v) is 2.02. The van der Waals surface area contributed by atoms with Crippen LogP contribution in [0.5, 0.6) is 0 Å². The van der Waals surface area contributed by atoms with Crippen LogP contribution >= 0.6 is 0 Å². The first-order valence-electron chi connectivity index (χ1n) is 5.75. The number of aryl methyl sites for hydroxylation is 1. The van der Waals surface area contributed by atoms with E-state index in [9.17, 15) is 9.18 Å². The molecule has 0 atom stereocenters. The Bertz CT molecular complexity index is 779. The number of nitrogens with zero attached hydrogens (tertiary/aromatic N) is 3. The van der Waals surface area contributed by atoms with Gasteiger partial charge in [-0.2, -0.15) is 0 Å². The third kappa shape index (κ3) is 1.79. The van der Waals surface area contributed by atoms with Gasteiger partial charge in [-0.05, 0) is 36.8 Å². The van der Waals surface area contributed by atoms with E-state index in [4.69, 9.17) is 0 Å². The van der Waals surface area contributed by atoms with Gasteiger partial charge in [-0.25, -0.2) is 14.4 Å². The molecular weight excluding hydrogens is 245 g/mol. The summed E-state index contributed by atoms with van der Waals surface area (Å²) in [5, 5.41) is 0. The maximum absolute atomic E-state index is 13.3. The molecule has 2 aromatic heterocycles. The van der Waals surface area contributed by atoms with E-state index < -0.39 is 0 Å². The lowest BCUT2D eigenvalue weighted by Crippen LogP contribution is -1.93. The topological polar surface area (TPSA) is 47.3 Å². The first-order chi connectivity index (χ1) is 9.20. The minimum atomic E-state index is -0.279. The minimum absolute atomic E-state index is 0.279. The summed E-state index contributed by atoms with van der Waals surface area (Å²) >= 11 is 0. The van der Waals surface area contributed by atoms with E-state index in [0.717, 1.165) is 6.29 Å². The Morgan fingerprint density at radius 1 is 1.37 bits per heavy atom. The van der Waals surface area contributed by atoms with Gasteiger partial charge in [0, 0.05) is 18.0 Å². The predicted octanol–water partition coefficient (Wildman–Crippen LogP) is 2.66. The molecule has 19 heavy (non-hydrogen) atoms. The average molecular weight is 255 g/mol. The Kier molecular flexibility index (Phi) is 2.59. The van der Waals surface area contributed by atoms with Crippen molar-refractivity contribution in [3.8, 4) is 11.3 Å². The molecule has 1 aromatic carbocycles. The number of fused-ring (bicyclic) bond motifs is 1. The molecule has 0 unspecified atom stereocenters. The second-order valence-corrected chi connectivity index (χ2v) is 4.22. The summed E-state index contributed by atoms with van der Waals surface area (Å²) < 4.78 is 14.9. The summed E-state index contributed by atoms with van der Waals surface area (Å²) in [6.45, 7) is 1.67. The van der Waals surface area contributed by atoms with Crippen LogP contribution in [0.4, 0.5) is 4.39 Å². The Morgan fingerprint density at radius 3 is 2.95 bits per heavy atom. The van der Waals surface area contributed by atoms with Gasteiger partial charge in [0.1, 0.15) is 17.2 Å². The predicted molar refractivity (Wildman–Crippen MR) is 68.5 cm³/mol. The molecule has 0 radical (unpaired) electrons. The first kappa shape index (κ1) is 11.5. The van der Waals surface area contributed by atoms with E-state index in [2.05, 4.69) is 9.97 Å². The maximum Gasteiger partial charge on any atom is 0.234 e. The number of carbonyl (C=O) groups is 1. The maximum atomic E-state index is 13.3. The molecule has 94 valence electrons. The summed E-state index contributed by atoms with van der Waals surface area (Å²) in [4.78, 5) is 19.7. The fourth-order valence-electron chi connectivity index (χ4n) is 2.02. The number of hydrogen-bond acceptors (Lipinski definition) is 3. The molecule has 0 saturated carbocycles. The summed E-state index contributed by atoms with van der Waals surface area (Å²) in [5.41, 5.74) is 2.14. The van der Waals surface area contributed by atoms with Crippen LogP contribution in [0.1, 0.15) is 16.1 Å². The van der Waals surface area contributed by atoms with Gasteiger partial charge in [-0.15, -0.1) is 0 Å². The second kappa shape index (κ2) is 4.28. The number of aldehydes is 1. The summed E-state index contributed by atoms with van der Waals surface area (Å²) in [5.74, 6) is 0.167. The number of imidazole rings is 1. The van der Waals surface area contributed by atoms with Crippen molar-refractivity contribution in [1.29, 1.82) is 0 Å². The van der Waals surface area contributed by atoms with Crippen LogP contribution in [-0.2, 0) is 0 Å². The zero-order valence-corrected chi connectivity index (χ0v) is 10.2. The third-order valence-corrected chi connectivity index (χ3v) is 2.98. The van der Waals surface area contributed by atoms with Crippen LogP contribution in [0.15, 0.2) is 36.7 Å². The molecule has 2 heterocycles. The van der Waals surface area contributed by atoms with E-state index in [-0.39, 0.29) is 5.82 Å². The van der Waals surface area contributed by atoms with Crippen LogP contribution in [0.25, 0.3) is 17.0 Å². The molecule has 3 rings (SSSR count). The number of rotatable bonds is 2. The Hall–Kier alpha value is -2.56. The number of carbonyl (C=O) groups excluding carboxylic acids is 1. The molecular formula is C14H10FN3O. The monoisotopic (exact) mass is 255 g/mol. The summed E-state index contributed by atoms with van der Waals surface area (Å²) in [7, 11) is 0. The minimum Gasteiger partial charge on any atom is -0.296 e. The van der Waals surface area contributed by atoms with Crippen molar-refractivity contribution in [1.82, 2.24) is 14.4 Å². The van der Waals surface area contributed by atoms with Crippen LogP contribution in [0.3, 0.4) is 0 Å². The molecule has 0 N–H and O–H groups in total. The van der Waals surface area contributed by atoms with Crippen LogP contribution < -0.4 is 0 Å². The third-order valence-electron chi connectivity index (χ3n) is 2.98. The Morgan fingerprint density at radius 2 is 2.21 bits per heavy atom. The van der Waals surface area contributed by atoms with Gasteiger partial charge in [-0.3, -0.25) is 9.20 Å². The zero-order chi connectivity index (χ0) is 13.4. The van der Waals surface area contributed by atoms with Crippen molar-refractivity contribution in [2.75, 3.05) is 0 Å². The van der Waals surface area contributed by atoms with Gasteiger partial charge in [0.2, 0.25) is 5.78 Å². The molecule has 0 spiro atoms. The van der Waals surface area contributed by atoms with E-state index in [1.54, 1.807) is 41.9 Å². The lowest BCUT2D eigenvalue weighted by Gasteiger charge is -2.01. The Labute approximate surface area is 108 Å². The van der Waals surface area contributed by atoms with E-state index >= 15 is 0 Å². The molecule has 3 aromatic rings. The molecule has 5 heteroatoms. The number of aromatic nitrogens is 3. The number of benzene rings is 1. The molecule has 0 bridgehead atoms. The van der Waals surface area contributed by atoms with Gasteiger partial charge >= 0.3 is 0 Å². The zero-order valence-electron chi connectivity index (χ0n) is 10.2. The van der Waals surface area contributed by atoms with Crippen LogP contribution in [0.2, 0.25) is 0 Å². The Balaban J connectivity index is 2.29. The van der Waals surface area contributed by atoms with E-state index in [1.165, 1.54) is 6.07 Å². The second-order valence-electron chi connectivity index (χ2n) is 4.22. The molecule has 0 aliphatic heterocycles. The average Bonchev–Trinajstić information content (AvgIpc) is 2.80. The number of hydrogen-bond donors (Lipinski definition) is 0. The summed E-state index contributed by atoms with van der Waals surface area (Å²) in [6, 6.07) is 6.37. The normalized spacial score (nSPS) is 10.8. The lowest BCUT2D eigenvalue weighted by atomic mass is 10.1. The molecule has 0 fully saturated rings. The van der Waals surface area contributed by atoms with Gasteiger partial charge in [0.05, 0.1) is 0 Å². The fraction of sp³-hybridized carbons (Fsp3) is 0.0714. The van der Waals surface area contributed by atoms with Gasteiger partial charge in [0.25, 0.3) is 0 Å². The first-order valence-corrected chi connectivity index (χ1v) is 5.75. The quantitative estimate of drug-likeness (QED) is 0.661. The van der Waals surface area contributed by atoms with Crippen LogP contribution in [0, 0.1) is 12.7 Å². The molecule has 0 aliphatic rings. The smallest absolute Gasteiger partial charge is 0.234 e. The van der Waals surface area contributed by atoms with E-state index in [1.807, 2.05) is 0 Å². The molecule has 0 amide bonds. The molecule has 4 nitrogen and oxygen atoms in total. The van der Waals surface area contributed by atoms with Crippen molar-refractivity contribution < 1.29 is 9.18 Å². The highest BCUT2D eigenvalue weighted by Crippen LogP contribution is 2.24. The van der Waals surface area contributed by atoms with Crippen molar-refractivity contribution in [2.45, 2.75) is 6.92 Å². The van der Waals surface area contributed by atoms with Gasteiger partial charge in [-0.1, -0.05) is 0 Å². The highest BCUT2D eigenvalue weighted by atomic mass is 19.1. The molecule has 0 saturated heterocycles. The highest BCUT2D eigenvalue weighted by molar-refractivity contribution is 5.85. The SMILES string of the molecule is Cc1cc(-c2nc3ncccn3c2C=O)ccc1F. The van der Waals surface area contributed by atoms with Gasteiger partial charge in [0.15, 0.2) is 6.29 Å². The summed E-state index contributed by atoms with van der Waals surface area (Å²) in [6.07, 6.45) is 4.06. The lowest BCUT2D eigenvalue weighted by molar-refractivity contribution is 0.111.